The van der Waals surface area contributed by atoms with Crippen molar-refractivity contribution in [3.05, 3.63) is 35.4 Å². The van der Waals surface area contributed by atoms with Crippen LogP contribution in [0.3, 0.4) is 0 Å². The highest BCUT2D eigenvalue weighted by molar-refractivity contribution is 7.89. The molecule has 1 aromatic rings. The number of benzene rings is 1. The van der Waals surface area contributed by atoms with Crippen molar-refractivity contribution in [1.29, 1.82) is 0 Å². The first-order valence-electron chi connectivity index (χ1n) is 7.41. The predicted octanol–water partition coefficient (Wildman–Crippen LogP) is 2.56. The number of ether oxygens (including phenoxy) is 1. The fraction of sp³-hybridized carbons (Fsp3) is 0.600. The van der Waals surface area contributed by atoms with E-state index >= 15 is 0 Å². The van der Waals surface area contributed by atoms with Gasteiger partial charge in [0.2, 0.25) is 10.0 Å². The summed E-state index contributed by atoms with van der Waals surface area (Å²) in [6, 6.07) is 3.61. The highest BCUT2D eigenvalue weighted by Crippen LogP contribution is 2.18. The second-order valence-electron chi connectivity index (χ2n) is 5.67. The number of hydrogen-bond donors (Lipinski definition) is 1. The smallest absolute Gasteiger partial charge is 0.211 e. The van der Waals surface area contributed by atoms with E-state index in [0.29, 0.717) is 18.6 Å². The zero-order chi connectivity index (χ0) is 16.2. The Morgan fingerprint density at radius 1 is 1.36 bits per heavy atom. The SMILES string of the molecule is CC(CNS(=O)(=O)CCC1CCCO1)c1ccc(F)c(F)c1. The Hall–Kier alpha value is -1.05. The minimum absolute atomic E-state index is 0.0160. The molecule has 0 aromatic heterocycles. The molecule has 0 saturated carbocycles. The van der Waals surface area contributed by atoms with Crippen LogP contribution < -0.4 is 4.72 Å². The molecule has 0 radical (unpaired) electrons. The molecule has 2 rings (SSSR count). The maximum absolute atomic E-state index is 13.2. The molecule has 2 unspecified atom stereocenters. The maximum Gasteiger partial charge on any atom is 0.211 e. The first-order chi connectivity index (χ1) is 10.4. The van der Waals surface area contributed by atoms with Crippen molar-refractivity contribution in [2.75, 3.05) is 18.9 Å². The molecular weight excluding hydrogens is 312 g/mol. The molecule has 2 atom stereocenters. The van der Waals surface area contributed by atoms with Crippen LogP contribution in [0, 0.1) is 11.6 Å². The van der Waals surface area contributed by atoms with Gasteiger partial charge in [0, 0.05) is 13.2 Å². The molecule has 0 spiro atoms. The molecule has 1 fully saturated rings. The summed E-state index contributed by atoms with van der Waals surface area (Å²) >= 11 is 0. The van der Waals surface area contributed by atoms with Crippen LogP contribution in [0.25, 0.3) is 0 Å². The first kappa shape index (κ1) is 17.3. The largest absolute Gasteiger partial charge is 0.378 e. The summed E-state index contributed by atoms with van der Waals surface area (Å²) in [6.45, 7) is 2.61. The molecule has 1 aliphatic heterocycles. The maximum atomic E-state index is 13.2. The monoisotopic (exact) mass is 333 g/mol. The Bertz CT molecular complexity index is 601. The van der Waals surface area contributed by atoms with Crippen LogP contribution in [0.1, 0.15) is 37.7 Å². The van der Waals surface area contributed by atoms with Crippen LogP contribution >= 0.6 is 0 Å². The third-order valence-corrected chi connectivity index (χ3v) is 5.23. The molecule has 1 aromatic carbocycles. The van der Waals surface area contributed by atoms with Gasteiger partial charge in [0.25, 0.3) is 0 Å². The second kappa shape index (κ2) is 7.48. The summed E-state index contributed by atoms with van der Waals surface area (Å²) in [4.78, 5) is 0. The van der Waals surface area contributed by atoms with Gasteiger partial charge in [-0.25, -0.2) is 21.9 Å². The molecule has 1 aliphatic rings. The lowest BCUT2D eigenvalue weighted by atomic mass is 10.0. The van der Waals surface area contributed by atoms with E-state index in [4.69, 9.17) is 4.74 Å². The van der Waals surface area contributed by atoms with E-state index < -0.39 is 21.7 Å². The normalized spacial score (nSPS) is 20.2. The average molecular weight is 333 g/mol. The van der Waals surface area contributed by atoms with Crippen LogP contribution in [-0.2, 0) is 14.8 Å². The van der Waals surface area contributed by atoms with Gasteiger partial charge in [-0.1, -0.05) is 13.0 Å². The summed E-state index contributed by atoms with van der Waals surface area (Å²) in [7, 11) is -3.39. The van der Waals surface area contributed by atoms with Crippen LogP contribution in [0.4, 0.5) is 8.78 Å². The van der Waals surface area contributed by atoms with Gasteiger partial charge >= 0.3 is 0 Å². The Balaban J connectivity index is 1.83. The zero-order valence-electron chi connectivity index (χ0n) is 12.5. The quantitative estimate of drug-likeness (QED) is 0.834. The minimum atomic E-state index is -3.39. The summed E-state index contributed by atoms with van der Waals surface area (Å²) in [5.41, 5.74) is 0.556. The average Bonchev–Trinajstić information content (AvgIpc) is 2.99. The summed E-state index contributed by atoms with van der Waals surface area (Å²) < 4.78 is 57.9. The summed E-state index contributed by atoms with van der Waals surface area (Å²) in [5.74, 6) is -2.06. The van der Waals surface area contributed by atoms with Crippen molar-refractivity contribution in [3.8, 4) is 0 Å². The Morgan fingerprint density at radius 3 is 2.77 bits per heavy atom. The second-order valence-corrected chi connectivity index (χ2v) is 7.59. The van der Waals surface area contributed by atoms with Gasteiger partial charge in [-0.3, -0.25) is 0 Å². The zero-order valence-corrected chi connectivity index (χ0v) is 13.3. The molecule has 1 N–H and O–H groups in total. The van der Waals surface area contributed by atoms with Gasteiger partial charge in [0.15, 0.2) is 11.6 Å². The fourth-order valence-corrected chi connectivity index (χ4v) is 3.64. The van der Waals surface area contributed by atoms with Crippen molar-refractivity contribution >= 4 is 10.0 Å². The molecule has 22 heavy (non-hydrogen) atoms. The molecule has 0 aliphatic carbocycles. The third kappa shape index (κ3) is 5.00. The highest BCUT2D eigenvalue weighted by atomic mass is 32.2. The van der Waals surface area contributed by atoms with E-state index in [2.05, 4.69) is 4.72 Å². The topological polar surface area (TPSA) is 55.4 Å². The number of halogens is 2. The number of sulfonamides is 1. The van der Waals surface area contributed by atoms with Crippen molar-refractivity contribution in [2.24, 2.45) is 0 Å². The first-order valence-corrected chi connectivity index (χ1v) is 9.06. The third-order valence-electron chi connectivity index (χ3n) is 3.85. The fourth-order valence-electron chi connectivity index (χ4n) is 2.42. The molecule has 4 nitrogen and oxygen atoms in total. The van der Waals surface area contributed by atoms with Gasteiger partial charge in [0.05, 0.1) is 11.9 Å². The van der Waals surface area contributed by atoms with Gasteiger partial charge in [-0.05, 0) is 42.9 Å². The van der Waals surface area contributed by atoms with Crippen molar-refractivity contribution < 1.29 is 21.9 Å². The minimum Gasteiger partial charge on any atom is -0.378 e. The van der Waals surface area contributed by atoms with E-state index in [-0.39, 0.29) is 24.3 Å². The number of hydrogen-bond acceptors (Lipinski definition) is 3. The van der Waals surface area contributed by atoms with Crippen LogP contribution in [0.2, 0.25) is 0 Å². The van der Waals surface area contributed by atoms with E-state index in [0.717, 1.165) is 25.0 Å². The van der Waals surface area contributed by atoms with E-state index in [1.807, 2.05) is 0 Å². The molecule has 1 saturated heterocycles. The summed E-state index contributed by atoms with van der Waals surface area (Å²) in [6.07, 6.45) is 2.39. The van der Waals surface area contributed by atoms with Gasteiger partial charge in [-0.2, -0.15) is 0 Å². The Labute approximate surface area is 129 Å². The number of nitrogens with one attached hydrogen (secondary N) is 1. The van der Waals surface area contributed by atoms with E-state index in [1.165, 1.54) is 6.07 Å². The molecule has 0 amide bonds. The lowest BCUT2D eigenvalue weighted by Crippen LogP contribution is -2.31. The van der Waals surface area contributed by atoms with Gasteiger partial charge in [-0.15, -0.1) is 0 Å². The lowest BCUT2D eigenvalue weighted by Gasteiger charge is -2.15. The molecule has 124 valence electrons. The van der Waals surface area contributed by atoms with Crippen LogP contribution in [0.15, 0.2) is 18.2 Å². The Kier molecular flexibility index (Phi) is 5.88. The summed E-state index contributed by atoms with van der Waals surface area (Å²) in [5, 5.41) is 0. The highest BCUT2D eigenvalue weighted by Gasteiger charge is 2.20. The van der Waals surface area contributed by atoms with Crippen molar-refractivity contribution in [2.45, 2.75) is 38.2 Å². The van der Waals surface area contributed by atoms with Crippen molar-refractivity contribution in [3.63, 3.8) is 0 Å². The molecule has 0 bridgehead atoms. The Morgan fingerprint density at radius 2 is 2.14 bits per heavy atom. The van der Waals surface area contributed by atoms with Crippen molar-refractivity contribution in [1.82, 2.24) is 4.72 Å². The van der Waals surface area contributed by atoms with Gasteiger partial charge in [0.1, 0.15) is 0 Å². The van der Waals surface area contributed by atoms with Crippen LogP contribution in [0.5, 0.6) is 0 Å². The van der Waals surface area contributed by atoms with E-state index in [1.54, 1.807) is 6.92 Å². The standard InChI is InChI=1S/C15H21F2NO3S/c1-11(12-4-5-14(16)15(17)9-12)10-18-22(19,20)8-6-13-3-2-7-21-13/h4-5,9,11,13,18H,2-3,6-8,10H2,1H3. The predicted molar refractivity (Wildman–Crippen MR) is 80.2 cm³/mol. The van der Waals surface area contributed by atoms with Gasteiger partial charge < -0.3 is 4.74 Å². The number of rotatable bonds is 7. The molecule has 7 heteroatoms. The van der Waals surface area contributed by atoms with Crippen LogP contribution in [-0.4, -0.2) is 33.4 Å². The van der Waals surface area contributed by atoms with E-state index in [9.17, 15) is 17.2 Å². The molecule has 1 heterocycles. The molecular formula is C15H21F2NO3S. The lowest BCUT2D eigenvalue weighted by molar-refractivity contribution is 0.109.